The highest BCUT2D eigenvalue weighted by molar-refractivity contribution is 6.11. The number of aryl methyl sites for hydroxylation is 1. The third-order valence-electron chi connectivity index (χ3n) is 5.59. The van der Waals surface area contributed by atoms with Crippen LogP contribution in [0.25, 0.3) is 11.0 Å². The molecule has 0 atom stereocenters. The van der Waals surface area contributed by atoms with Gasteiger partial charge in [-0.25, -0.2) is 14.8 Å². The Morgan fingerprint density at radius 1 is 1.34 bits per heavy atom. The van der Waals surface area contributed by atoms with Crippen molar-refractivity contribution < 1.29 is 9.53 Å². The lowest BCUT2D eigenvalue weighted by Crippen LogP contribution is -2.32. The van der Waals surface area contributed by atoms with E-state index in [4.69, 9.17) is 4.74 Å². The third kappa shape index (κ3) is 4.26. The van der Waals surface area contributed by atoms with Crippen LogP contribution in [0.15, 0.2) is 34.0 Å². The number of rotatable bonds is 8. The first-order valence-corrected chi connectivity index (χ1v) is 10.6. The molecular formula is C22H26N6O4. The number of carbonyl (C=O) groups excluding carboxylic acids is 1. The van der Waals surface area contributed by atoms with E-state index in [1.54, 1.807) is 32.4 Å². The van der Waals surface area contributed by atoms with Crippen LogP contribution < -0.4 is 21.5 Å². The number of aromatic amines is 1. The largest absolute Gasteiger partial charge is 0.383 e. The van der Waals surface area contributed by atoms with Crippen LogP contribution in [-0.4, -0.2) is 52.7 Å². The Hall–Kier alpha value is -3.53. The summed E-state index contributed by atoms with van der Waals surface area (Å²) in [5.41, 5.74) is 0.860. The maximum atomic E-state index is 13.2. The molecule has 32 heavy (non-hydrogen) atoms. The van der Waals surface area contributed by atoms with E-state index in [2.05, 4.69) is 20.3 Å². The van der Waals surface area contributed by atoms with Crippen LogP contribution in [0.1, 0.15) is 41.7 Å². The first kappa shape index (κ1) is 21.7. The Morgan fingerprint density at radius 3 is 2.75 bits per heavy atom. The van der Waals surface area contributed by atoms with Crippen molar-refractivity contribution in [3.63, 3.8) is 0 Å². The quantitative estimate of drug-likeness (QED) is 0.549. The molecule has 1 aliphatic rings. The molecule has 1 amide bonds. The van der Waals surface area contributed by atoms with Gasteiger partial charge in [-0.05, 0) is 38.0 Å². The molecule has 0 spiro atoms. The first-order valence-electron chi connectivity index (χ1n) is 10.6. The molecule has 0 unspecified atom stereocenters. The average molecular weight is 438 g/mol. The van der Waals surface area contributed by atoms with E-state index in [1.807, 2.05) is 18.0 Å². The van der Waals surface area contributed by atoms with E-state index < -0.39 is 17.2 Å². The van der Waals surface area contributed by atoms with Gasteiger partial charge in [-0.1, -0.05) is 0 Å². The highest BCUT2D eigenvalue weighted by Crippen LogP contribution is 2.40. The Labute approximate surface area is 184 Å². The van der Waals surface area contributed by atoms with Crippen LogP contribution in [-0.2, 0) is 11.3 Å². The highest BCUT2D eigenvalue weighted by Gasteiger charge is 2.28. The zero-order chi connectivity index (χ0) is 22.8. The summed E-state index contributed by atoms with van der Waals surface area (Å²) < 4.78 is 6.46. The summed E-state index contributed by atoms with van der Waals surface area (Å²) in [4.78, 5) is 51.2. The van der Waals surface area contributed by atoms with Gasteiger partial charge in [0.15, 0.2) is 5.65 Å². The van der Waals surface area contributed by atoms with Crippen molar-refractivity contribution in [3.05, 3.63) is 56.5 Å². The van der Waals surface area contributed by atoms with Gasteiger partial charge in [-0.3, -0.25) is 19.1 Å². The molecule has 3 aromatic rings. The van der Waals surface area contributed by atoms with Gasteiger partial charge in [0.2, 0.25) is 0 Å². The molecule has 3 aromatic heterocycles. The van der Waals surface area contributed by atoms with Crippen LogP contribution in [0.4, 0.5) is 11.5 Å². The molecule has 10 nitrogen and oxygen atoms in total. The zero-order valence-corrected chi connectivity index (χ0v) is 18.3. The van der Waals surface area contributed by atoms with Crippen LogP contribution in [0.3, 0.4) is 0 Å². The molecule has 1 fully saturated rings. The molecule has 0 bridgehead atoms. The summed E-state index contributed by atoms with van der Waals surface area (Å²) in [6.07, 6.45) is 3.60. The van der Waals surface area contributed by atoms with E-state index in [0.717, 1.165) is 24.2 Å². The van der Waals surface area contributed by atoms with Crippen molar-refractivity contribution in [1.82, 2.24) is 19.5 Å². The number of nitrogens with one attached hydrogen (secondary N) is 2. The van der Waals surface area contributed by atoms with Crippen molar-refractivity contribution in [2.24, 2.45) is 0 Å². The molecule has 1 aliphatic carbocycles. The Kier molecular flexibility index (Phi) is 6.04. The summed E-state index contributed by atoms with van der Waals surface area (Å²) in [6.45, 7) is 3.41. The second kappa shape index (κ2) is 8.91. The van der Waals surface area contributed by atoms with E-state index in [0.29, 0.717) is 25.5 Å². The van der Waals surface area contributed by atoms with Gasteiger partial charge in [0, 0.05) is 38.9 Å². The normalized spacial score (nSPS) is 13.3. The molecule has 2 N–H and O–H groups in total. The summed E-state index contributed by atoms with van der Waals surface area (Å²) in [7, 11) is 3.57. The maximum Gasteiger partial charge on any atom is 0.329 e. The number of nitrogens with zero attached hydrogens (tertiary/aromatic N) is 4. The van der Waals surface area contributed by atoms with Gasteiger partial charge < -0.3 is 15.0 Å². The number of likely N-dealkylation sites (N-methyl/N-ethyl adjacent to an activating group) is 1. The SMILES string of the molecule is CCn1c(=O)[nH]c(=O)c2c(C(=O)Nc3ccc(N(C)CCOC)cn3)cc(C3CC3)nc21. The Morgan fingerprint density at radius 2 is 2.12 bits per heavy atom. The molecule has 0 aromatic carbocycles. The van der Waals surface area contributed by atoms with E-state index in [9.17, 15) is 14.4 Å². The standard InChI is InChI=1S/C22H26N6O4/c1-4-28-19-18(21(30)26-22(28)31)15(11-16(24-19)13-5-6-13)20(29)25-17-8-7-14(12-23-17)27(2)9-10-32-3/h7-8,11-13H,4-6,9-10H2,1-3H3,(H,23,25,29)(H,26,30,31). The lowest BCUT2D eigenvalue weighted by molar-refractivity contribution is 0.102. The van der Waals surface area contributed by atoms with Gasteiger partial charge in [0.25, 0.3) is 11.5 Å². The number of amides is 1. The molecule has 1 saturated carbocycles. The molecule has 10 heteroatoms. The van der Waals surface area contributed by atoms with Gasteiger partial charge in [0.1, 0.15) is 5.82 Å². The summed E-state index contributed by atoms with van der Waals surface area (Å²) in [5, 5.41) is 2.87. The first-order chi connectivity index (χ1) is 15.4. The minimum absolute atomic E-state index is 0.101. The number of hydrogen-bond donors (Lipinski definition) is 2. The van der Waals surface area contributed by atoms with Gasteiger partial charge in [0.05, 0.1) is 29.4 Å². The minimum atomic E-state index is -0.627. The van der Waals surface area contributed by atoms with E-state index in [-0.39, 0.29) is 22.5 Å². The monoisotopic (exact) mass is 438 g/mol. The van der Waals surface area contributed by atoms with Gasteiger partial charge >= 0.3 is 5.69 Å². The topological polar surface area (TPSA) is 122 Å². The second-order valence-corrected chi connectivity index (χ2v) is 7.84. The lowest BCUT2D eigenvalue weighted by atomic mass is 10.1. The van der Waals surface area contributed by atoms with Crippen molar-refractivity contribution in [2.75, 3.05) is 37.5 Å². The van der Waals surface area contributed by atoms with Crippen molar-refractivity contribution in [1.29, 1.82) is 0 Å². The third-order valence-corrected chi connectivity index (χ3v) is 5.59. The number of anilines is 2. The number of fused-ring (bicyclic) bond motifs is 1. The van der Waals surface area contributed by atoms with Gasteiger partial charge in [-0.15, -0.1) is 0 Å². The Balaban J connectivity index is 1.69. The lowest BCUT2D eigenvalue weighted by Gasteiger charge is -2.18. The molecule has 0 aliphatic heterocycles. The second-order valence-electron chi connectivity index (χ2n) is 7.84. The number of aromatic nitrogens is 4. The Bertz CT molecular complexity index is 1260. The van der Waals surface area contributed by atoms with Crippen molar-refractivity contribution in [2.45, 2.75) is 32.2 Å². The van der Waals surface area contributed by atoms with E-state index >= 15 is 0 Å². The molecule has 0 saturated heterocycles. The number of H-pyrrole nitrogens is 1. The number of ether oxygens (including phenoxy) is 1. The van der Waals surface area contributed by atoms with E-state index in [1.165, 1.54) is 4.57 Å². The van der Waals surface area contributed by atoms with Crippen LogP contribution in [0, 0.1) is 0 Å². The van der Waals surface area contributed by atoms with Crippen molar-refractivity contribution in [3.8, 4) is 0 Å². The maximum absolute atomic E-state index is 13.2. The molecule has 3 heterocycles. The average Bonchev–Trinajstić information content (AvgIpc) is 3.63. The number of pyridine rings is 2. The summed E-state index contributed by atoms with van der Waals surface area (Å²) in [6, 6.07) is 5.20. The predicted molar refractivity (Wildman–Crippen MR) is 122 cm³/mol. The minimum Gasteiger partial charge on any atom is -0.383 e. The fourth-order valence-corrected chi connectivity index (χ4v) is 3.58. The number of carbonyl (C=O) groups is 1. The van der Waals surface area contributed by atoms with Crippen LogP contribution in [0.5, 0.6) is 0 Å². The predicted octanol–water partition coefficient (Wildman–Crippen LogP) is 1.71. The smallest absolute Gasteiger partial charge is 0.329 e. The van der Waals surface area contributed by atoms with Crippen LogP contribution >= 0.6 is 0 Å². The number of methoxy groups -OCH3 is 1. The molecular weight excluding hydrogens is 412 g/mol. The number of hydrogen-bond acceptors (Lipinski definition) is 7. The highest BCUT2D eigenvalue weighted by atomic mass is 16.5. The fourth-order valence-electron chi connectivity index (χ4n) is 3.58. The summed E-state index contributed by atoms with van der Waals surface area (Å²) >= 11 is 0. The molecule has 0 radical (unpaired) electrons. The van der Waals surface area contributed by atoms with Crippen molar-refractivity contribution >= 4 is 28.4 Å². The van der Waals surface area contributed by atoms with Crippen LogP contribution in [0.2, 0.25) is 0 Å². The van der Waals surface area contributed by atoms with Gasteiger partial charge in [-0.2, -0.15) is 0 Å². The molecule has 4 rings (SSSR count). The molecule has 168 valence electrons. The zero-order valence-electron chi connectivity index (χ0n) is 18.3. The summed E-state index contributed by atoms with van der Waals surface area (Å²) in [5.74, 6) is 0.127. The fraction of sp³-hybridized carbons (Fsp3) is 0.409.